The second kappa shape index (κ2) is 35.1. The summed E-state index contributed by atoms with van der Waals surface area (Å²) in [4.78, 5) is 3.93. The van der Waals surface area contributed by atoms with E-state index in [-0.39, 0.29) is 142 Å². The molecular formula is C70H98N2O25S. The molecule has 19 heterocycles. The highest BCUT2D eigenvalue weighted by atomic mass is 32.1. The lowest BCUT2D eigenvalue weighted by atomic mass is 9.88. The van der Waals surface area contributed by atoms with E-state index >= 15 is 0 Å². The summed E-state index contributed by atoms with van der Waals surface area (Å²) in [7, 11) is 0. The molecule has 17 fully saturated rings. The molecule has 0 radical (unpaired) electrons. The fraction of sp³-hybridized carbons (Fsp3) is 0.800. The van der Waals surface area contributed by atoms with Crippen molar-refractivity contribution < 1.29 is 120 Å². The van der Waals surface area contributed by atoms with Crippen molar-refractivity contribution in [2.24, 2.45) is 71.0 Å². The number of ether oxygens (including phenoxy) is 22. The van der Waals surface area contributed by atoms with Crippen molar-refractivity contribution in [2.45, 2.75) is 197 Å². The van der Waals surface area contributed by atoms with Crippen molar-refractivity contribution in [1.82, 2.24) is 9.55 Å². The predicted molar refractivity (Wildman–Crippen MR) is 342 cm³/mol. The Hall–Kier alpha value is -3.86. The number of terminal acetylenes is 3. The number of nitrogens with zero attached hydrogens (tertiary/aromatic N) is 2. The predicted octanol–water partition coefficient (Wildman–Crippen LogP) is 4.52. The number of hydrogen-bond donors (Lipinski definition) is 3. The lowest BCUT2D eigenvalue weighted by Crippen LogP contribution is -2.35. The van der Waals surface area contributed by atoms with Gasteiger partial charge >= 0.3 is 0 Å². The Morgan fingerprint density at radius 1 is 0.531 bits per heavy atom. The number of fused-ring (bicyclic) bond motifs is 12. The molecule has 31 atom stereocenters. The summed E-state index contributed by atoms with van der Waals surface area (Å²) < 4.78 is 121. The van der Waals surface area contributed by atoms with Crippen LogP contribution in [0.4, 0.5) is 0 Å². The van der Waals surface area contributed by atoms with E-state index in [9.17, 15) is 15.3 Å². The van der Waals surface area contributed by atoms with E-state index in [1.807, 2.05) is 13.8 Å². The van der Waals surface area contributed by atoms with E-state index < -0.39 is 6.29 Å². The molecule has 0 spiro atoms. The molecule has 27 nitrogen and oxygen atoms in total. The molecule has 18 aliphatic rings. The van der Waals surface area contributed by atoms with Crippen LogP contribution in [0.2, 0.25) is 0 Å². The second-order valence-electron chi connectivity index (χ2n) is 27.2. The number of aliphatic hydroxyl groups excluding tert-OH is 3. The molecule has 0 unspecified atom stereocenters. The van der Waals surface area contributed by atoms with E-state index in [2.05, 4.69) is 49.2 Å². The number of aliphatic hydroxyl groups is 3. The molecule has 17 saturated heterocycles. The van der Waals surface area contributed by atoms with E-state index in [0.29, 0.717) is 85.6 Å². The standard InChI is InChI=1S/C13H14N2O4S.2C10H14O3.C9H12O3.C8H12O4.2C7H12O3.C6H8O2/c1-2-6-16-12-10(9-3-7-17-11(9)19-12)18-13(20)15-5-4-14-8-15;2*1-3-5-11-9-7(2)8-4-6-12-10(8)13-9;1-5-4-11-9-7(5)6-2-3-10-8(6)12-9;9-5-3-11-8-6(5)4-1-2-10-7(4)12-8;2*1-4-6(8)5-2-3-9-7(5)10-4;1-3-7-6-5(1)2-4-8-6/h1,4-5,8-12H,3,6-7H2;2*1,7-10H,4-6H2,2H3;6-9H,1-4H2;4-9H,1-3H2;2*4-8H,2-3H2,1H3;1,3,5-6H,2,4H2/t9-,10+,11+,12-;7-,8+,9+,10-;7-,8+,9-,10-;6-,7-,8+,9+;4-,5+,6+,7+,8+;4-,5-,6+,7+;4-,5-,6-,7+;5-,6+/m01100001/s1. The van der Waals surface area contributed by atoms with Crippen LogP contribution < -0.4 is 0 Å². The van der Waals surface area contributed by atoms with Gasteiger partial charge in [-0.2, -0.15) is 0 Å². The topological polar surface area (TPSA) is 282 Å². The summed E-state index contributed by atoms with van der Waals surface area (Å²) in [6, 6.07) is 0. The monoisotopic (exact) mass is 1400 g/mol. The van der Waals surface area contributed by atoms with Gasteiger partial charge in [-0.3, -0.25) is 4.57 Å². The van der Waals surface area contributed by atoms with Gasteiger partial charge in [-0.05, 0) is 89.1 Å². The first-order chi connectivity index (χ1) is 47.7. The molecule has 1 aromatic rings. The Kier molecular flexibility index (Phi) is 26.4. The van der Waals surface area contributed by atoms with E-state index in [4.69, 9.17) is 136 Å². The van der Waals surface area contributed by atoms with Crippen LogP contribution in [0.1, 0.15) is 79.1 Å². The maximum Gasteiger partial charge on any atom is 0.269 e. The highest BCUT2D eigenvalue weighted by Gasteiger charge is 2.56. The zero-order valence-electron chi connectivity index (χ0n) is 56.2. The van der Waals surface area contributed by atoms with Crippen LogP contribution in [0.3, 0.4) is 0 Å². The average molecular weight is 1400 g/mol. The van der Waals surface area contributed by atoms with Gasteiger partial charge in [0.25, 0.3) is 5.17 Å². The Labute approximate surface area is 578 Å². The molecular weight excluding hydrogens is 1300 g/mol. The number of thiocarbonyl (C=S) groups is 1. The van der Waals surface area contributed by atoms with Crippen LogP contribution in [0.5, 0.6) is 0 Å². The third-order valence-electron chi connectivity index (χ3n) is 21.3. The molecule has 0 saturated carbocycles. The number of aromatic nitrogens is 2. The van der Waals surface area contributed by atoms with Gasteiger partial charge in [0.15, 0.2) is 81.6 Å². The zero-order valence-corrected chi connectivity index (χ0v) is 57.0. The summed E-state index contributed by atoms with van der Waals surface area (Å²) in [5, 5.41) is 28.8. The maximum atomic E-state index is 9.59. The van der Waals surface area contributed by atoms with Gasteiger partial charge in [-0.25, -0.2) is 4.98 Å². The lowest BCUT2D eigenvalue weighted by Gasteiger charge is -2.22. The Bertz CT molecular complexity index is 2780. The first-order valence-electron chi connectivity index (χ1n) is 34.8. The quantitative estimate of drug-likeness (QED) is 0.192. The third-order valence-corrected chi connectivity index (χ3v) is 21.6. The van der Waals surface area contributed by atoms with E-state index in [0.717, 1.165) is 97.6 Å². The van der Waals surface area contributed by atoms with Gasteiger partial charge in [0.05, 0.1) is 109 Å². The Morgan fingerprint density at radius 3 is 1.50 bits per heavy atom. The van der Waals surface area contributed by atoms with Crippen LogP contribution in [0.25, 0.3) is 0 Å². The van der Waals surface area contributed by atoms with Crippen molar-refractivity contribution in [2.75, 3.05) is 85.9 Å². The molecule has 0 bridgehead atoms. The largest absolute Gasteiger partial charge is 0.472 e. The summed E-state index contributed by atoms with van der Waals surface area (Å²) in [5.74, 6) is 11.6. The molecule has 0 aromatic carbocycles. The molecule has 19 rings (SSSR count). The Morgan fingerprint density at radius 2 is 0.980 bits per heavy atom. The molecule has 1 aromatic heterocycles. The smallest absolute Gasteiger partial charge is 0.269 e. The fourth-order valence-electron chi connectivity index (χ4n) is 15.8. The Balaban J connectivity index is 0.000000108. The second-order valence-corrected chi connectivity index (χ2v) is 27.6. The van der Waals surface area contributed by atoms with Crippen LogP contribution in [-0.4, -0.2) is 234 Å². The molecule has 0 aliphatic carbocycles. The van der Waals surface area contributed by atoms with Gasteiger partial charge in [0.1, 0.15) is 26.1 Å². The highest BCUT2D eigenvalue weighted by Crippen LogP contribution is 2.48. The lowest BCUT2D eigenvalue weighted by molar-refractivity contribution is -0.205. The number of hydrogen-bond acceptors (Lipinski definition) is 27. The van der Waals surface area contributed by atoms with Crippen molar-refractivity contribution in [3.63, 3.8) is 0 Å². The van der Waals surface area contributed by atoms with Crippen LogP contribution >= 0.6 is 12.2 Å². The van der Waals surface area contributed by atoms with Gasteiger partial charge in [-0.1, -0.05) is 38.2 Å². The molecule has 3 N–H and O–H groups in total. The van der Waals surface area contributed by atoms with Crippen molar-refractivity contribution >= 4 is 17.4 Å². The third kappa shape index (κ3) is 17.2. The summed E-state index contributed by atoms with van der Waals surface area (Å²) >= 11 is 5.24. The van der Waals surface area contributed by atoms with Gasteiger partial charge in [0.2, 0.25) is 6.29 Å². The number of rotatable bonds is 7. The maximum absolute atomic E-state index is 9.59. The average Bonchev–Trinajstić information content (AvgIpc) is 1.63. The van der Waals surface area contributed by atoms with Gasteiger partial charge in [0, 0.05) is 77.5 Å². The minimum absolute atomic E-state index is 0.0166. The van der Waals surface area contributed by atoms with Crippen LogP contribution in [0, 0.1) is 108 Å². The number of imidazole rings is 1. The fourth-order valence-corrected chi connectivity index (χ4v) is 16.0. The molecule has 28 heteroatoms. The summed E-state index contributed by atoms with van der Waals surface area (Å²) in [5.41, 5.74) is 1.18. The van der Waals surface area contributed by atoms with Gasteiger partial charge < -0.3 is 120 Å². The highest BCUT2D eigenvalue weighted by molar-refractivity contribution is 7.80. The molecule has 0 amide bonds. The van der Waals surface area contributed by atoms with Crippen LogP contribution in [0.15, 0.2) is 43.2 Å². The van der Waals surface area contributed by atoms with E-state index in [1.165, 1.54) is 5.57 Å². The van der Waals surface area contributed by atoms with Crippen molar-refractivity contribution in [3.8, 4) is 37.0 Å². The van der Waals surface area contributed by atoms with Crippen molar-refractivity contribution in [1.29, 1.82) is 0 Å². The van der Waals surface area contributed by atoms with Gasteiger partial charge in [-0.15, -0.1) is 19.3 Å². The first kappa shape index (κ1) is 73.9. The summed E-state index contributed by atoms with van der Waals surface area (Å²) in [6.07, 6.45) is 28.9. The van der Waals surface area contributed by atoms with Crippen molar-refractivity contribution in [3.05, 3.63) is 43.2 Å². The van der Waals surface area contributed by atoms with Crippen LogP contribution in [-0.2, 0) is 104 Å². The minimum atomic E-state index is -0.567. The minimum Gasteiger partial charge on any atom is -0.472 e. The molecule has 544 valence electrons. The zero-order chi connectivity index (χ0) is 68.4. The SMILES string of the molecule is C#CCO[C@@H]1O[C@H]2OCC[C@H]2[C@H]1C.C#CCO[C@H]1O[C@H]2OCC[C@H]2[C@H]1C.C#CCO[C@H]1O[C@H]2OCC[C@H]2[C@H]1OC(=S)n1ccnc1.C1=C[C@@H]2CCO[C@@H]2O1.C=C1CO[C@@H]2O[C@H]3OCC[C@H]3[C@H]12.C[C@@H]1O[C@H]2OCC[C@H]2[C@@H]1O.C[C@@H]1O[C@H]2OCC[C@H]2[C@H]1O.O[C@@H]1CO[C@@H]2O[C@H]3OCC[C@H]3[C@@H]21. The normalized spacial score (nSPS) is 45.5. The molecule has 18 aliphatic heterocycles. The first-order valence-corrected chi connectivity index (χ1v) is 35.2. The molecule has 98 heavy (non-hydrogen) atoms. The summed E-state index contributed by atoms with van der Waals surface area (Å²) in [6.45, 7) is 20.0. The van der Waals surface area contributed by atoms with E-state index in [1.54, 1.807) is 29.6 Å².